The highest BCUT2D eigenvalue weighted by molar-refractivity contribution is 9.10. The molecule has 0 aromatic carbocycles. The van der Waals surface area contributed by atoms with E-state index in [0.717, 1.165) is 22.3 Å². The van der Waals surface area contributed by atoms with E-state index in [-0.39, 0.29) is 10.3 Å². The van der Waals surface area contributed by atoms with Crippen LogP contribution in [0.1, 0.15) is 0 Å². The fourth-order valence-electron chi connectivity index (χ4n) is 1.26. The predicted octanol–water partition coefficient (Wildman–Crippen LogP) is 4.43. The Hall–Kier alpha value is -1.02. The first-order chi connectivity index (χ1) is 10.1. The monoisotopic (exact) mass is 422 g/mol. The molecule has 0 saturated carbocycles. The van der Waals surface area contributed by atoms with Crippen LogP contribution in [-0.2, 0) is 0 Å². The minimum atomic E-state index is 0.185. The van der Waals surface area contributed by atoms with Crippen molar-refractivity contribution in [2.75, 3.05) is 0 Å². The molecular formula is C8H7BrN8S4. The standard InChI is InChI=1S/C8H7BrN8S4/c9-4-5-2(18-6(4)21-8(16-12)17-13)1-3(19-5)20-7(14-10)15-11/h1,10,12H,11,13H2. The van der Waals surface area contributed by atoms with Gasteiger partial charge in [0.05, 0.1) is 17.6 Å². The zero-order valence-corrected chi connectivity index (χ0v) is 14.9. The Morgan fingerprint density at radius 1 is 1.10 bits per heavy atom. The molecule has 0 atom stereocenters. The van der Waals surface area contributed by atoms with Gasteiger partial charge in [0, 0.05) is 4.70 Å². The summed E-state index contributed by atoms with van der Waals surface area (Å²) >= 11 is 9.05. The summed E-state index contributed by atoms with van der Waals surface area (Å²) in [5, 5.41) is 13.7. The summed E-state index contributed by atoms with van der Waals surface area (Å²) in [6.07, 6.45) is 0. The van der Waals surface area contributed by atoms with Crippen LogP contribution in [0.2, 0.25) is 0 Å². The molecule has 0 unspecified atom stereocenters. The molecule has 0 aliphatic carbocycles. The first-order valence-electron chi connectivity index (χ1n) is 5.01. The van der Waals surface area contributed by atoms with Crippen molar-refractivity contribution < 1.29 is 0 Å². The summed E-state index contributed by atoms with van der Waals surface area (Å²) in [7, 11) is 0. The number of nitrogens with one attached hydrogen (secondary N) is 2. The van der Waals surface area contributed by atoms with Crippen LogP contribution in [0, 0.1) is 11.1 Å². The van der Waals surface area contributed by atoms with Crippen LogP contribution in [-0.4, -0.2) is 10.3 Å². The maximum atomic E-state index is 6.96. The van der Waals surface area contributed by atoms with Gasteiger partial charge in [0.25, 0.3) is 0 Å². The van der Waals surface area contributed by atoms with Crippen molar-refractivity contribution >= 4 is 81.9 Å². The summed E-state index contributed by atoms with van der Waals surface area (Å²) in [6.45, 7) is 0. The number of amidine groups is 2. The fourth-order valence-corrected chi connectivity index (χ4v) is 6.57. The van der Waals surface area contributed by atoms with E-state index in [1.807, 2.05) is 6.07 Å². The van der Waals surface area contributed by atoms with Gasteiger partial charge in [-0.1, -0.05) is 0 Å². The van der Waals surface area contributed by atoms with Gasteiger partial charge in [-0.2, -0.15) is 10.2 Å². The Kier molecular flexibility index (Phi) is 5.69. The van der Waals surface area contributed by atoms with E-state index in [9.17, 15) is 0 Å². The Morgan fingerprint density at radius 2 is 1.71 bits per heavy atom. The second-order valence-electron chi connectivity index (χ2n) is 3.21. The largest absolute Gasteiger partial charge is 0.321 e. The number of rotatable bonds is 2. The zero-order chi connectivity index (χ0) is 15.4. The summed E-state index contributed by atoms with van der Waals surface area (Å²) in [4.78, 5) is 0. The van der Waals surface area contributed by atoms with Gasteiger partial charge in [-0.15, -0.1) is 32.9 Å². The second-order valence-corrected chi connectivity index (χ2v) is 8.61. The molecule has 2 aromatic rings. The summed E-state index contributed by atoms with van der Waals surface area (Å²) in [5.74, 6) is 10.3. The van der Waals surface area contributed by atoms with Gasteiger partial charge in [-0.3, -0.25) is 0 Å². The molecule has 0 aliphatic rings. The van der Waals surface area contributed by atoms with Crippen LogP contribution < -0.4 is 11.7 Å². The van der Waals surface area contributed by atoms with Crippen LogP contribution in [0.25, 0.3) is 9.40 Å². The van der Waals surface area contributed by atoms with E-state index >= 15 is 0 Å². The van der Waals surface area contributed by atoms with E-state index in [0.29, 0.717) is 0 Å². The molecule has 8 nitrogen and oxygen atoms in total. The minimum absolute atomic E-state index is 0.185. The minimum Gasteiger partial charge on any atom is -0.321 e. The van der Waals surface area contributed by atoms with Crippen LogP contribution in [0.15, 0.2) is 39.4 Å². The molecule has 0 spiro atoms. The lowest BCUT2D eigenvalue weighted by Crippen LogP contribution is -1.90. The van der Waals surface area contributed by atoms with Gasteiger partial charge >= 0.3 is 0 Å². The quantitative estimate of drug-likeness (QED) is 0.141. The Labute approximate surface area is 143 Å². The smallest absolute Gasteiger partial charge is 0.231 e. The Bertz CT molecular complexity index is 747. The zero-order valence-electron chi connectivity index (χ0n) is 10.0. The highest BCUT2D eigenvalue weighted by Gasteiger charge is 2.17. The first kappa shape index (κ1) is 16.4. The fraction of sp³-hybridized carbons (Fsp3) is 0. The van der Waals surface area contributed by atoms with Crippen molar-refractivity contribution in [2.24, 2.45) is 32.1 Å². The Balaban J connectivity index is 2.31. The molecule has 2 aromatic heterocycles. The summed E-state index contributed by atoms with van der Waals surface area (Å²) < 4.78 is 4.87. The molecule has 0 amide bonds. The van der Waals surface area contributed by atoms with Crippen molar-refractivity contribution in [3.8, 4) is 0 Å². The summed E-state index contributed by atoms with van der Waals surface area (Å²) in [6, 6.07) is 1.97. The molecule has 2 heterocycles. The first-order valence-corrected chi connectivity index (χ1v) is 9.07. The lowest BCUT2D eigenvalue weighted by Gasteiger charge is -1.96. The molecule has 0 bridgehead atoms. The van der Waals surface area contributed by atoms with Crippen molar-refractivity contribution in [2.45, 2.75) is 8.42 Å². The molecule has 0 aliphatic heterocycles. The molecule has 0 fully saturated rings. The van der Waals surface area contributed by atoms with Gasteiger partial charge in [0.1, 0.15) is 0 Å². The van der Waals surface area contributed by atoms with Crippen LogP contribution >= 0.6 is 62.1 Å². The predicted molar refractivity (Wildman–Crippen MR) is 92.7 cm³/mol. The topological polar surface area (TPSA) is 149 Å². The van der Waals surface area contributed by atoms with Crippen molar-refractivity contribution in [1.29, 1.82) is 11.1 Å². The third-order valence-corrected chi connectivity index (χ3v) is 8.10. The highest BCUT2D eigenvalue weighted by Crippen LogP contribution is 2.47. The maximum Gasteiger partial charge on any atom is 0.231 e. The molecule has 6 N–H and O–H groups in total. The maximum absolute atomic E-state index is 6.96. The van der Waals surface area contributed by atoms with Gasteiger partial charge in [-0.25, -0.2) is 11.1 Å². The van der Waals surface area contributed by atoms with Gasteiger partial charge in [0.2, 0.25) is 10.3 Å². The summed E-state index contributed by atoms with van der Waals surface area (Å²) in [5.41, 5.74) is 13.9. The average molecular weight is 423 g/mol. The second kappa shape index (κ2) is 7.31. The van der Waals surface area contributed by atoms with Crippen molar-refractivity contribution in [3.63, 3.8) is 0 Å². The van der Waals surface area contributed by atoms with Gasteiger partial charge < -0.3 is 11.7 Å². The molecule has 110 valence electrons. The van der Waals surface area contributed by atoms with E-state index in [1.165, 1.54) is 46.2 Å². The molecule has 0 saturated heterocycles. The number of hydrogen-bond donors (Lipinski definition) is 4. The third kappa shape index (κ3) is 3.60. The normalized spacial score (nSPS) is 12.8. The SMILES string of the molecule is N=NC(=NN)Sc1cc2sc(SC(N=N)=NN)c(Br)c2s1. The van der Waals surface area contributed by atoms with E-state index in [2.05, 4.69) is 36.4 Å². The van der Waals surface area contributed by atoms with Crippen LogP contribution in [0.4, 0.5) is 0 Å². The lowest BCUT2D eigenvalue weighted by molar-refractivity contribution is 1.16. The molecule has 2 rings (SSSR count). The third-order valence-electron chi connectivity index (χ3n) is 2.04. The van der Waals surface area contributed by atoms with E-state index in [4.69, 9.17) is 22.7 Å². The highest BCUT2D eigenvalue weighted by atomic mass is 79.9. The number of thiophene rings is 2. The number of hydrazone groups is 2. The lowest BCUT2D eigenvalue weighted by atomic mass is 10.5. The number of fused-ring (bicyclic) bond motifs is 1. The van der Waals surface area contributed by atoms with Crippen molar-refractivity contribution in [3.05, 3.63) is 10.5 Å². The Morgan fingerprint density at radius 3 is 2.24 bits per heavy atom. The number of nitrogens with zero attached hydrogens (tertiary/aromatic N) is 4. The van der Waals surface area contributed by atoms with E-state index in [1.54, 1.807) is 0 Å². The number of hydrogen-bond acceptors (Lipinski definition) is 10. The van der Waals surface area contributed by atoms with Gasteiger partial charge in [0.15, 0.2) is 0 Å². The van der Waals surface area contributed by atoms with Crippen molar-refractivity contribution in [1.82, 2.24) is 0 Å². The van der Waals surface area contributed by atoms with E-state index < -0.39 is 0 Å². The number of halogens is 1. The van der Waals surface area contributed by atoms with Crippen LogP contribution in [0.5, 0.6) is 0 Å². The molecule has 21 heavy (non-hydrogen) atoms. The number of thioether (sulfide) groups is 2. The average Bonchev–Trinajstić information content (AvgIpc) is 3.01. The molecule has 13 heteroatoms. The van der Waals surface area contributed by atoms with Crippen LogP contribution in [0.3, 0.4) is 0 Å². The molecule has 0 radical (unpaired) electrons. The molecular weight excluding hydrogens is 416 g/mol. The van der Waals surface area contributed by atoms with Gasteiger partial charge in [-0.05, 0) is 45.5 Å². The number of nitrogens with two attached hydrogens (primary N) is 2.